The van der Waals surface area contributed by atoms with Crippen LogP contribution in [0.2, 0.25) is 5.15 Å². The van der Waals surface area contributed by atoms with Gasteiger partial charge in [-0.2, -0.15) is 5.10 Å². The summed E-state index contributed by atoms with van der Waals surface area (Å²) in [5.74, 6) is 0.853. The molecule has 0 aliphatic rings. The molecule has 2 rings (SSSR count). The first kappa shape index (κ1) is 16.4. The van der Waals surface area contributed by atoms with E-state index in [0.29, 0.717) is 0 Å². The van der Waals surface area contributed by atoms with Gasteiger partial charge >= 0.3 is 0 Å². The number of nitrogens with zero attached hydrogens (tertiary/aromatic N) is 2. The minimum atomic E-state index is 0.736. The molecule has 2 aromatic rings. The fraction of sp³-hybridized carbons (Fsp3) is 0.438. The number of nitrogens with one attached hydrogen (secondary N) is 1. The monoisotopic (exact) mass is 323 g/mol. The third-order valence-corrected chi connectivity index (χ3v) is 4.84. The Labute approximate surface area is 136 Å². The molecule has 0 radical (unpaired) electrons. The lowest BCUT2D eigenvalue weighted by atomic mass is 10.2. The first-order valence-corrected chi connectivity index (χ1v) is 8.58. The van der Waals surface area contributed by atoms with E-state index in [1.54, 1.807) is 16.4 Å². The van der Waals surface area contributed by atoms with Crippen LogP contribution in [-0.4, -0.2) is 16.3 Å². The van der Waals surface area contributed by atoms with Crippen LogP contribution in [0.3, 0.4) is 0 Å². The van der Waals surface area contributed by atoms with Crippen molar-refractivity contribution in [3.8, 4) is 0 Å². The number of rotatable bonds is 7. The molecule has 21 heavy (non-hydrogen) atoms. The first-order valence-electron chi connectivity index (χ1n) is 7.22. The van der Waals surface area contributed by atoms with Crippen LogP contribution in [0, 0.1) is 6.92 Å². The van der Waals surface area contributed by atoms with Crippen LogP contribution in [0.4, 0.5) is 0 Å². The Hall–Kier alpha value is -0.970. The van der Waals surface area contributed by atoms with Crippen molar-refractivity contribution in [3.63, 3.8) is 0 Å². The molecular formula is C16H22ClN3S. The van der Waals surface area contributed by atoms with Gasteiger partial charge in [0.15, 0.2) is 0 Å². The Balaban J connectivity index is 1.91. The summed E-state index contributed by atoms with van der Waals surface area (Å²) in [7, 11) is 1.88. The molecule has 114 valence electrons. The van der Waals surface area contributed by atoms with Crippen LogP contribution in [0.1, 0.15) is 30.2 Å². The maximum atomic E-state index is 6.26. The highest BCUT2D eigenvalue weighted by Gasteiger charge is 2.11. The molecular weight excluding hydrogens is 302 g/mol. The quantitative estimate of drug-likeness (QED) is 0.612. The summed E-state index contributed by atoms with van der Waals surface area (Å²) in [4.78, 5) is 1.26. The smallest absolute Gasteiger partial charge is 0.131 e. The molecule has 0 spiro atoms. The van der Waals surface area contributed by atoms with Gasteiger partial charge in [0.25, 0.3) is 0 Å². The van der Waals surface area contributed by atoms with Crippen molar-refractivity contribution >= 4 is 23.4 Å². The van der Waals surface area contributed by atoms with Crippen LogP contribution in [0.25, 0.3) is 0 Å². The normalized spacial score (nSPS) is 11.0. The second-order valence-electron chi connectivity index (χ2n) is 5.09. The maximum absolute atomic E-state index is 6.26. The van der Waals surface area contributed by atoms with Crippen molar-refractivity contribution in [1.82, 2.24) is 15.1 Å². The van der Waals surface area contributed by atoms with E-state index in [9.17, 15) is 0 Å². The molecule has 1 N–H and O–H groups in total. The van der Waals surface area contributed by atoms with Crippen molar-refractivity contribution in [2.45, 2.75) is 37.5 Å². The minimum absolute atomic E-state index is 0.736. The molecule has 1 aromatic carbocycles. The Morgan fingerprint density at radius 1 is 1.29 bits per heavy atom. The summed E-state index contributed by atoms with van der Waals surface area (Å²) >= 11 is 8.05. The van der Waals surface area contributed by atoms with Gasteiger partial charge in [-0.25, -0.2) is 0 Å². The van der Waals surface area contributed by atoms with E-state index in [0.717, 1.165) is 35.3 Å². The van der Waals surface area contributed by atoms with Crippen molar-refractivity contribution in [2.24, 2.45) is 7.05 Å². The molecule has 0 bridgehead atoms. The molecule has 0 amide bonds. The molecule has 0 saturated heterocycles. The summed E-state index contributed by atoms with van der Waals surface area (Å²) in [6, 6.07) is 8.71. The molecule has 1 aromatic heterocycles. The highest BCUT2D eigenvalue weighted by atomic mass is 35.5. The van der Waals surface area contributed by atoms with Crippen molar-refractivity contribution in [1.29, 1.82) is 0 Å². The van der Waals surface area contributed by atoms with E-state index in [1.807, 2.05) is 14.0 Å². The Morgan fingerprint density at radius 3 is 2.57 bits per heavy atom. The van der Waals surface area contributed by atoms with Crippen LogP contribution in [0.15, 0.2) is 29.2 Å². The van der Waals surface area contributed by atoms with E-state index >= 15 is 0 Å². The molecule has 0 saturated carbocycles. The van der Waals surface area contributed by atoms with Crippen LogP contribution in [-0.2, 0) is 19.3 Å². The number of thioether (sulfide) groups is 1. The lowest BCUT2D eigenvalue weighted by Crippen LogP contribution is -2.13. The van der Waals surface area contributed by atoms with Gasteiger partial charge < -0.3 is 5.32 Å². The summed E-state index contributed by atoms with van der Waals surface area (Å²) in [5, 5.41) is 8.49. The molecule has 0 fully saturated rings. The number of hydrogen-bond donors (Lipinski definition) is 1. The van der Waals surface area contributed by atoms with E-state index in [2.05, 4.69) is 41.6 Å². The van der Waals surface area contributed by atoms with Crippen LogP contribution < -0.4 is 5.32 Å². The van der Waals surface area contributed by atoms with Crippen LogP contribution >= 0.6 is 23.4 Å². The predicted octanol–water partition coefficient (Wildman–Crippen LogP) is 4.17. The number of aryl methyl sites for hydroxylation is 2. The second kappa shape index (κ2) is 7.87. The third-order valence-electron chi connectivity index (χ3n) is 3.33. The van der Waals surface area contributed by atoms with E-state index in [1.165, 1.54) is 16.9 Å². The lowest BCUT2D eigenvalue weighted by Gasteiger charge is -2.05. The SMILES string of the molecule is CCCNCc1ccc(SCc2c(C)nn(C)c2Cl)cc1. The molecule has 0 unspecified atom stereocenters. The van der Waals surface area contributed by atoms with Crippen molar-refractivity contribution in [3.05, 3.63) is 46.2 Å². The Bertz CT molecular complexity index is 578. The van der Waals surface area contributed by atoms with Gasteiger partial charge in [0.1, 0.15) is 5.15 Å². The van der Waals surface area contributed by atoms with Gasteiger partial charge in [-0.1, -0.05) is 30.7 Å². The topological polar surface area (TPSA) is 29.9 Å². The fourth-order valence-corrected chi connectivity index (χ4v) is 3.41. The Kier molecular flexibility index (Phi) is 6.15. The van der Waals surface area contributed by atoms with Crippen molar-refractivity contribution < 1.29 is 0 Å². The zero-order chi connectivity index (χ0) is 15.2. The molecule has 5 heteroatoms. The molecule has 1 heterocycles. The predicted molar refractivity (Wildman–Crippen MR) is 91.0 cm³/mol. The molecule has 0 atom stereocenters. The van der Waals surface area contributed by atoms with Gasteiger partial charge in [0.2, 0.25) is 0 Å². The minimum Gasteiger partial charge on any atom is -0.313 e. The zero-order valence-corrected chi connectivity index (χ0v) is 14.4. The Morgan fingerprint density at radius 2 is 2.00 bits per heavy atom. The molecule has 0 aliphatic carbocycles. The van der Waals surface area contributed by atoms with E-state index < -0.39 is 0 Å². The first-order chi connectivity index (χ1) is 10.1. The van der Waals surface area contributed by atoms with E-state index in [4.69, 9.17) is 11.6 Å². The largest absolute Gasteiger partial charge is 0.313 e. The summed E-state index contributed by atoms with van der Waals surface area (Å²) in [6.07, 6.45) is 1.17. The summed E-state index contributed by atoms with van der Waals surface area (Å²) in [5.41, 5.74) is 3.46. The van der Waals surface area contributed by atoms with E-state index in [-0.39, 0.29) is 0 Å². The average molecular weight is 324 g/mol. The summed E-state index contributed by atoms with van der Waals surface area (Å²) < 4.78 is 1.73. The number of aromatic nitrogens is 2. The highest BCUT2D eigenvalue weighted by Crippen LogP contribution is 2.28. The standard InChI is InChI=1S/C16H22ClN3S/c1-4-9-18-10-13-5-7-14(8-6-13)21-11-15-12(2)19-20(3)16(15)17/h5-8,18H,4,9-11H2,1-3H3. The molecule has 0 aliphatic heterocycles. The highest BCUT2D eigenvalue weighted by molar-refractivity contribution is 7.98. The fourth-order valence-electron chi connectivity index (χ4n) is 2.11. The lowest BCUT2D eigenvalue weighted by molar-refractivity contribution is 0.675. The number of benzene rings is 1. The van der Waals surface area contributed by atoms with Gasteiger partial charge in [-0.05, 0) is 37.6 Å². The summed E-state index contributed by atoms with van der Waals surface area (Å²) in [6.45, 7) is 6.18. The van der Waals surface area contributed by atoms with Crippen molar-refractivity contribution in [2.75, 3.05) is 6.54 Å². The van der Waals surface area contributed by atoms with Gasteiger partial charge in [-0.15, -0.1) is 11.8 Å². The van der Waals surface area contributed by atoms with Gasteiger partial charge in [-0.3, -0.25) is 4.68 Å². The number of hydrogen-bond acceptors (Lipinski definition) is 3. The molecule has 3 nitrogen and oxygen atoms in total. The van der Waals surface area contributed by atoms with Gasteiger partial charge in [0, 0.05) is 29.8 Å². The maximum Gasteiger partial charge on any atom is 0.131 e. The van der Waals surface area contributed by atoms with Gasteiger partial charge in [0.05, 0.1) is 5.69 Å². The zero-order valence-electron chi connectivity index (χ0n) is 12.8. The second-order valence-corrected chi connectivity index (χ2v) is 6.49. The number of halogens is 1. The third kappa shape index (κ3) is 4.50. The van der Waals surface area contributed by atoms with Crippen LogP contribution in [0.5, 0.6) is 0 Å². The average Bonchev–Trinajstić information content (AvgIpc) is 2.72.